The van der Waals surface area contributed by atoms with Gasteiger partial charge in [-0.05, 0) is 61.7 Å². The van der Waals surface area contributed by atoms with Crippen LogP contribution in [0, 0.1) is 12.8 Å². The lowest BCUT2D eigenvalue weighted by molar-refractivity contribution is -0.125. The summed E-state index contributed by atoms with van der Waals surface area (Å²) < 4.78 is 3.11. The quantitative estimate of drug-likeness (QED) is 0.293. The summed E-state index contributed by atoms with van der Waals surface area (Å²) in [5, 5.41) is 17.3. The molecule has 7 nitrogen and oxygen atoms in total. The fourth-order valence-corrected chi connectivity index (χ4v) is 5.72. The van der Waals surface area contributed by atoms with Crippen molar-refractivity contribution in [2.45, 2.75) is 32.9 Å². The standard InChI is InChI=1S/C27H29BrN6OS/c1-19-7-9-23(10-8-19)29-18-24-6-3-13-34(24)27-32-31-26(36-27)33-14-11-21(12-15-33)25(35)30-17-20-4-2-5-22(28)16-20/h2-10,13,16,21,29H,11-12,14-15,17-18H2,1H3,(H,30,35). The number of carbonyl (C=O) groups is 1. The van der Waals surface area contributed by atoms with Gasteiger partial charge < -0.3 is 15.5 Å². The molecular weight excluding hydrogens is 536 g/mol. The second-order valence-electron chi connectivity index (χ2n) is 9.07. The van der Waals surface area contributed by atoms with Crippen LogP contribution in [0.25, 0.3) is 5.13 Å². The lowest BCUT2D eigenvalue weighted by Crippen LogP contribution is -2.40. The van der Waals surface area contributed by atoms with Crippen molar-refractivity contribution >= 4 is 44.0 Å². The lowest BCUT2D eigenvalue weighted by Gasteiger charge is -2.30. The van der Waals surface area contributed by atoms with Crippen LogP contribution >= 0.6 is 27.3 Å². The van der Waals surface area contributed by atoms with Gasteiger partial charge in [0, 0.05) is 47.6 Å². The van der Waals surface area contributed by atoms with Crippen molar-refractivity contribution < 1.29 is 4.79 Å². The smallest absolute Gasteiger partial charge is 0.223 e. The van der Waals surface area contributed by atoms with Crippen LogP contribution < -0.4 is 15.5 Å². The lowest BCUT2D eigenvalue weighted by atomic mass is 9.96. The second-order valence-corrected chi connectivity index (χ2v) is 10.9. The van der Waals surface area contributed by atoms with Crippen molar-refractivity contribution in [2.24, 2.45) is 5.92 Å². The van der Waals surface area contributed by atoms with E-state index >= 15 is 0 Å². The third-order valence-corrected chi connectivity index (χ3v) is 7.94. The van der Waals surface area contributed by atoms with E-state index in [1.54, 1.807) is 11.3 Å². The molecule has 0 aliphatic carbocycles. The van der Waals surface area contributed by atoms with Crippen LogP contribution in [-0.4, -0.2) is 33.8 Å². The highest BCUT2D eigenvalue weighted by Crippen LogP contribution is 2.29. The number of benzene rings is 2. The van der Waals surface area contributed by atoms with Gasteiger partial charge in [-0.1, -0.05) is 57.1 Å². The monoisotopic (exact) mass is 564 g/mol. The van der Waals surface area contributed by atoms with Gasteiger partial charge in [-0.2, -0.15) is 0 Å². The van der Waals surface area contributed by atoms with E-state index in [0.717, 1.165) is 57.6 Å². The van der Waals surface area contributed by atoms with Crippen LogP contribution in [0.2, 0.25) is 0 Å². The minimum Gasteiger partial charge on any atom is -0.379 e. The molecule has 4 aromatic rings. The topological polar surface area (TPSA) is 75.1 Å². The predicted molar refractivity (Wildman–Crippen MR) is 149 cm³/mol. The zero-order chi connectivity index (χ0) is 24.9. The first-order valence-electron chi connectivity index (χ1n) is 12.1. The van der Waals surface area contributed by atoms with Gasteiger partial charge in [-0.15, -0.1) is 10.2 Å². The maximum atomic E-state index is 12.7. The number of rotatable bonds is 8. The van der Waals surface area contributed by atoms with Crippen LogP contribution in [0.4, 0.5) is 10.8 Å². The van der Waals surface area contributed by atoms with Crippen molar-refractivity contribution in [3.05, 3.63) is 88.2 Å². The van der Waals surface area contributed by atoms with Gasteiger partial charge in [0.1, 0.15) is 0 Å². The first-order chi connectivity index (χ1) is 17.5. The summed E-state index contributed by atoms with van der Waals surface area (Å²) in [6.07, 6.45) is 3.65. The van der Waals surface area contributed by atoms with Crippen LogP contribution in [0.5, 0.6) is 0 Å². The average molecular weight is 566 g/mol. The molecule has 1 saturated heterocycles. The Labute approximate surface area is 223 Å². The number of anilines is 2. The maximum Gasteiger partial charge on any atom is 0.223 e. The van der Waals surface area contributed by atoms with Crippen molar-refractivity contribution in [1.82, 2.24) is 20.1 Å². The summed E-state index contributed by atoms with van der Waals surface area (Å²) in [6, 6.07) is 20.6. The number of hydrogen-bond acceptors (Lipinski definition) is 6. The number of nitrogens with one attached hydrogen (secondary N) is 2. The van der Waals surface area contributed by atoms with E-state index in [4.69, 9.17) is 0 Å². The summed E-state index contributed by atoms with van der Waals surface area (Å²) in [5.74, 6) is 0.162. The number of nitrogens with zero attached hydrogens (tertiary/aromatic N) is 4. The molecule has 1 fully saturated rings. The van der Waals surface area contributed by atoms with Crippen LogP contribution in [0.15, 0.2) is 71.3 Å². The highest BCUT2D eigenvalue weighted by Gasteiger charge is 2.26. The Hall–Kier alpha value is -3.17. The first kappa shape index (κ1) is 24.5. The molecule has 1 aliphatic rings. The normalized spacial score (nSPS) is 14.1. The Morgan fingerprint density at radius 2 is 1.81 bits per heavy atom. The summed E-state index contributed by atoms with van der Waals surface area (Å²) >= 11 is 5.07. The first-order valence-corrected chi connectivity index (χ1v) is 13.7. The van der Waals surface area contributed by atoms with Gasteiger partial charge in [0.25, 0.3) is 0 Å². The number of amides is 1. The molecule has 5 rings (SSSR count). The Bertz CT molecular complexity index is 1310. The predicted octanol–water partition coefficient (Wildman–Crippen LogP) is 5.54. The average Bonchev–Trinajstić information content (AvgIpc) is 3.57. The zero-order valence-electron chi connectivity index (χ0n) is 20.2. The fourth-order valence-electron chi connectivity index (χ4n) is 4.36. The Morgan fingerprint density at radius 3 is 2.58 bits per heavy atom. The van der Waals surface area contributed by atoms with Crippen molar-refractivity contribution in [2.75, 3.05) is 23.3 Å². The van der Waals surface area contributed by atoms with Gasteiger partial charge in [0.2, 0.25) is 16.2 Å². The number of carbonyl (C=O) groups excluding carboxylic acids is 1. The summed E-state index contributed by atoms with van der Waals surface area (Å²) in [4.78, 5) is 14.9. The molecule has 1 amide bonds. The van der Waals surface area contributed by atoms with E-state index in [1.165, 1.54) is 5.56 Å². The number of aryl methyl sites for hydroxylation is 1. The molecular formula is C27H29BrN6OS. The van der Waals surface area contributed by atoms with Crippen molar-refractivity contribution in [3.63, 3.8) is 0 Å². The van der Waals surface area contributed by atoms with Crippen LogP contribution in [-0.2, 0) is 17.9 Å². The van der Waals surface area contributed by atoms with Gasteiger partial charge in [0.05, 0.1) is 6.54 Å². The molecule has 0 saturated carbocycles. The van der Waals surface area contributed by atoms with E-state index in [1.807, 2.05) is 36.5 Å². The third kappa shape index (κ3) is 5.96. The molecule has 2 aromatic heterocycles. The van der Waals surface area contributed by atoms with Crippen LogP contribution in [0.3, 0.4) is 0 Å². The molecule has 1 aliphatic heterocycles. The molecule has 0 unspecified atom stereocenters. The van der Waals surface area contributed by atoms with Gasteiger partial charge in [-0.25, -0.2) is 0 Å². The maximum absolute atomic E-state index is 12.7. The van der Waals surface area contributed by atoms with E-state index in [2.05, 4.69) is 83.5 Å². The molecule has 3 heterocycles. The minimum atomic E-state index is 0.0321. The van der Waals surface area contributed by atoms with Crippen LogP contribution in [0.1, 0.15) is 29.7 Å². The number of aromatic nitrogens is 3. The fraction of sp³-hybridized carbons (Fsp3) is 0.296. The van der Waals surface area contributed by atoms with Crippen molar-refractivity contribution in [3.8, 4) is 5.13 Å². The molecule has 186 valence electrons. The Kier molecular flexibility index (Phi) is 7.67. The largest absolute Gasteiger partial charge is 0.379 e. The van der Waals surface area contributed by atoms with E-state index < -0.39 is 0 Å². The van der Waals surface area contributed by atoms with Gasteiger partial charge in [-0.3, -0.25) is 9.36 Å². The molecule has 0 bridgehead atoms. The van der Waals surface area contributed by atoms with E-state index in [9.17, 15) is 4.79 Å². The molecule has 9 heteroatoms. The highest BCUT2D eigenvalue weighted by atomic mass is 79.9. The molecule has 0 atom stereocenters. The SMILES string of the molecule is Cc1ccc(NCc2cccn2-c2nnc(N3CCC(C(=O)NCc4cccc(Br)c4)CC3)s2)cc1. The molecule has 2 aromatic carbocycles. The van der Waals surface area contributed by atoms with E-state index in [-0.39, 0.29) is 11.8 Å². The molecule has 0 spiro atoms. The summed E-state index contributed by atoms with van der Waals surface area (Å²) in [7, 11) is 0. The Balaban J connectivity index is 1.14. The van der Waals surface area contributed by atoms with Crippen molar-refractivity contribution in [1.29, 1.82) is 0 Å². The number of halogens is 1. The second kappa shape index (κ2) is 11.3. The highest BCUT2D eigenvalue weighted by molar-refractivity contribution is 9.10. The minimum absolute atomic E-state index is 0.0321. The number of piperidine rings is 1. The number of hydrogen-bond donors (Lipinski definition) is 2. The summed E-state index contributed by atoms with van der Waals surface area (Å²) in [6.45, 7) is 4.94. The van der Waals surface area contributed by atoms with E-state index in [0.29, 0.717) is 13.1 Å². The third-order valence-electron chi connectivity index (χ3n) is 6.46. The Morgan fingerprint density at radius 1 is 1.03 bits per heavy atom. The molecule has 2 N–H and O–H groups in total. The van der Waals surface area contributed by atoms with Gasteiger partial charge in [0.15, 0.2) is 0 Å². The van der Waals surface area contributed by atoms with Gasteiger partial charge >= 0.3 is 0 Å². The molecule has 36 heavy (non-hydrogen) atoms. The molecule has 0 radical (unpaired) electrons. The zero-order valence-corrected chi connectivity index (χ0v) is 22.6. The summed E-state index contributed by atoms with van der Waals surface area (Å²) in [5.41, 5.74) is 4.56.